The first kappa shape index (κ1) is 13.8. The molecule has 0 aliphatic carbocycles. The van der Waals surface area contributed by atoms with Crippen molar-refractivity contribution in [2.24, 2.45) is 0 Å². The van der Waals surface area contributed by atoms with Gasteiger partial charge in [-0.3, -0.25) is 5.10 Å². The van der Waals surface area contributed by atoms with E-state index in [0.29, 0.717) is 22.9 Å². The molecule has 2 heterocycles. The SMILES string of the molecule is Cc1cc(C)cc(Nc2nccc(-c3[nH]ncc3C#N)n2)c1. The topological polar surface area (TPSA) is 90.3 Å². The van der Waals surface area contributed by atoms with Crippen molar-refractivity contribution in [1.29, 1.82) is 5.26 Å². The third kappa shape index (κ3) is 2.79. The fourth-order valence-corrected chi connectivity index (χ4v) is 2.30. The normalized spacial score (nSPS) is 10.2. The number of hydrogen-bond donors (Lipinski definition) is 2. The van der Waals surface area contributed by atoms with Gasteiger partial charge in [0.25, 0.3) is 0 Å². The molecule has 0 fully saturated rings. The van der Waals surface area contributed by atoms with Gasteiger partial charge in [0.05, 0.1) is 17.5 Å². The maximum Gasteiger partial charge on any atom is 0.227 e. The fourth-order valence-electron chi connectivity index (χ4n) is 2.30. The van der Waals surface area contributed by atoms with Gasteiger partial charge in [-0.25, -0.2) is 9.97 Å². The lowest BCUT2D eigenvalue weighted by Crippen LogP contribution is -1.99. The number of nitriles is 1. The van der Waals surface area contributed by atoms with E-state index in [1.807, 2.05) is 26.0 Å². The molecule has 0 amide bonds. The largest absolute Gasteiger partial charge is 0.324 e. The number of H-pyrrole nitrogens is 1. The molecule has 6 heteroatoms. The van der Waals surface area contributed by atoms with Crippen molar-refractivity contribution >= 4 is 11.6 Å². The number of aryl methyl sites for hydroxylation is 2. The summed E-state index contributed by atoms with van der Waals surface area (Å²) in [5, 5.41) is 18.9. The molecule has 0 unspecified atom stereocenters. The Morgan fingerprint density at radius 2 is 1.95 bits per heavy atom. The van der Waals surface area contributed by atoms with Crippen molar-refractivity contribution < 1.29 is 0 Å². The zero-order valence-electron chi connectivity index (χ0n) is 12.3. The molecule has 3 aromatic rings. The van der Waals surface area contributed by atoms with Crippen LogP contribution in [0.25, 0.3) is 11.4 Å². The van der Waals surface area contributed by atoms with Gasteiger partial charge in [-0.05, 0) is 43.2 Å². The third-order valence-corrected chi connectivity index (χ3v) is 3.15. The first-order valence-electron chi connectivity index (χ1n) is 6.78. The van der Waals surface area contributed by atoms with Crippen LogP contribution in [0.1, 0.15) is 16.7 Å². The van der Waals surface area contributed by atoms with Gasteiger partial charge in [0.15, 0.2) is 0 Å². The summed E-state index contributed by atoms with van der Waals surface area (Å²) in [6, 6.07) is 9.98. The average Bonchev–Trinajstić information content (AvgIpc) is 2.95. The van der Waals surface area contributed by atoms with Crippen molar-refractivity contribution in [3.63, 3.8) is 0 Å². The van der Waals surface area contributed by atoms with E-state index in [1.54, 1.807) is 12.3 Å². The van der Waals surface area contributed by atoms with E-state index in [1.165, 1.54) is 17.3 Å². The molecule has 0 aliphatic rings. The van der Waals surface area contributed by atoms with E-state index in [0.717, 1.165) is 5.69 Å². The van der Waals surface area contributed by atoms with Crippen molar-refractivity contribution in [2.75, 3.05) is 5.32 Å². The minimum Gasteiger partial charge on any atom is -0.324 e. The Balaban J connectivity index is 1.93. The molecule has 0 spiro atoms. The van der Waals surface area contributed by atoms with E-state index in [2.05, 4.69) is 37.6 Å². The molecule has 0 radical (unpaired) electrons. The number of aromatic amines is 1. The lowest BCUT2D eigenvalue weighted by Gasteiger charge is -2.08. The molecule has 22 heavy (non-hydrogen) atoms. The summed E-state index contributed by atoms with van der Waals surface area (Å²) in [5.74, 6) is 0.473. The van der Waals surface area contributed by atoms with Crippen LogP contribution in [0.3, 0.4) is 0 Å². The minimum absolute atomic E-state index is 0.455. The highest BCUT2D eigenvalue weighted by Gasteiger charge is 2.10. The predicted octanol–water partition coefficient (Wildman–Crippen LogP) is 3.10. The van der Waals surface area contributed by atoms with Crippen molar-refractivity contribution in [2.45, 2.75) is 13.8 Å². The molecule has 2 N–H and O–H groups in total. The summed E-state index contributed by atoms with van der Waals surface area (Å²) in [6.07, 6.45) is 3.13. The van der Waals surface area contributed by atoms with Crippen molar-refractivity contribution in [3.8, 4) is 17.5 Å². The van der Waals surface area contributed by atoms with Gasteiger partial charge in [-0.1, -0.05) is 6.07 Å². The average molecular weight is 290 g/mol. The van der Waals surface area contributed by atoms with Crippen LogP contribution >= 0.6 is 0 Å². The molecule has 6 nitrogen and oxygen atoms in total. The van der Waals surface area contributed by atoms with Gasteiger partial charge in [0.1, 0.15) is 11.8 Å². The zero-order valence-corrected chi connectivity index (χ0v) is 12.3. The second-order valence-corrected chi connectivity index (χ2v) is 5.04. The van der Waals surface area contributed by atoms with Gasteiger partial charge in [0.2, 0.25) is 5.95 Å². The van der Waals surface area contributed by atoms with E-state index in [9.17, 15) is 0 Å². The van der Waals surface area contributed by atoms with E-state index in [-0.39, 0.29) is 0 Å². The first-order chi connectivity index (χ1) is 10.7. The molecule has 108 valence electrons. The van der Waals surface area contributed by atoms with Gasteiger partial charge < -0.3 is 5.32 Å². The van der Waals surface area contributed by atoms with Gasteiger partial charge in [0, 0.05) is 11.9 Å². The second kappa shape index (κ2) is 5.66. The minimum atomic E-state index is 0.455. The van der Waals surface area contributed by atoms with E-state index >= 15 is 0 Å². The fraction of sp³-hybridized carbons (Fsp3) is 0.125. The van der Waals surface area contributed by atoms with E-state index < -0.39 is 0 Å². The van der Waals surface area contributed by atoms with Crippen LogP contribution in [-0.2, 0) is 0 Å². The van der Waals surface area contributed by atoms with Crippen LogP contribution in [-0.4, -0.2) is 20.2 Å². The highest BCUT2D eigenvalue weighted by molar-refractivity contribution is 5.64. The van der Waals surface area contributed by atoms with Crippen LogP contribution in [0.15, 0.2) is 36.7 Å². The number of aromatic nitrogens is 4. The summed E-state index contributed by atoms with van der Waals surface area (Å²) in [6.45, 7) is 4.08. The van der Waals surface area contributed by atoms with Crippen molar-refractivity contribution in [3.05, 3.63) is 53.3 Å². The summed E-state index contributed by atoms with van der Waals surface area (Å²) in [5.41, 5.74) is 4.93. The van der Waals surface area contributed by atoms with Crippen LogP contribution in [0.5, 0.6) is 0 Å². The summed E-state index contributed by atoms with van der Waals surface area (Å²) in [4.78, 5) is 8.65. The molecular formula is C16H14N6. The van der Waals surface area contributed by atoms with Crippen LogP contribution in [0, 0.1) is 25.2 Å². The van der Waals surface area contributed by atoms with Crippen LogP contribution in [0.4, 0.5) is 11.6 Å². The number of rotatable bonds is 3. The lowest BCUT2D eigenvalue weighted by atomic mass is 10.1. The third-order valence-electron chi connectivity index (χ3n) is 3.15. The molecule has 2 aromatic heterocycles. The van der Waals surface area contributed by atoms with Gasteiger partial charge in [-0.15, -0.1) is 0 Å². The maximum absolute atomic E-state index is 9.07. The molecule has 0 saturated carbocycles. The molecule has 0 bridgehead atoms. The Hall–Kier alpha value is -3.20. The summed E-state index contributed by atoms with van der Waals surface area (Å²) < 4.78 is 0. The molecule has 3 rings (SSSR count). The Morgan fingerprint density at radius 3 is 2.68 bits per heavy atom. The number of hydrogen-bond acceptors (Lipinski definition) is 5. The van der Waals surface area contributed by atoms with Crippen LogP contribution < -0.4 is 5.32 Å². The Kier molecular flexibility index (Phi) is 3.54. The molecular weight excluding hydrogens is 276 g/mol. The molecule has 0 atom stereocenters. The predicted molar refractivity (Wildman–Crippen MR) is 83.5 cm³/mol. The summed E-state index contributed by atoms with van der Waals surface area (Å²) in [7, 11) is 0. The molecule has 0 aliphatic heterocycles. The van der Waals surface area contributed by atoms with Crippen molar-refractivity contribution in [1.82, 2.24) is 20.2 Å². The maximum atomic E-state index is 9.07. The highest BCUT2D eigenvalue weighted by atomic mass is 15.1. The number of nitrogens with one attached hydrogen (secondary N) is 2. The molecule has 0 saturated heterocycles. The smallest absolute Gasteiger partial charge is 0.227 e. The zero-order chi connectivity index (χ0) is 15.5. The quantitative estimate of drug-likeness (QED) is 0.773. The van der Waals surface area contributed by atoms with Gasteiger partial charge in [-0.2, -0.15) is 10.4 Å². The highest BCUT2D eigenvalue weighted by Crippen LogP contribution is 2.21. The standard InChI is InChI=1S/C16H14N6/c1-10-5-11(2)7-13(6-10)20-16-18-4-3-14(21-16)15-12(8-17)9-19-22-15/h3-7,9H,1-2H3,(H,19,22)(H,18,20,21). The number of benzene rings is 1. The Morgan fingerprint density at radius 1 is 1.18 bits per heavy atom. The number of nitrogens with zero attached hydrogens (tertiary/aromatic N) is 4. The number of anilines is 2. The monoisotopic (exact) mass is 290 g/mol. The lowest BCUT2D eigenvalue weighted by molar-refractivity contribution is 1.08. The van der Waals surface area contributed by atoms with Gasteiger partial charge >= 0.3 is 0 Å². The van der Waals surface area contributed by atoms with Crippen LogP contribution in [0.2, 0.25) is 0 Å². The molecule has 1 aromatic carbocycles. The Labute approximate surface area is 127 Å². The second-order valence-electron chi connectivity index (χ2n) is 5.04. The first-order valence-corrected chi connectivity index (χ1v) is 6.78. The Bertz CT molecular complexity index is 839. The van der Waals surface area contributed by atoms with E-state index in [4.69, 9.17) is 5.26 Å². The summed E-state index contributed by atoms with van der Waals surface area (Å²) >= 11 is 0.